The molecule has 0 amide bonds. The van der Waals surface area contributed by atoms with Crippen LogP contribution in [0.3, 0.4) is 0 Å². The summed E-state index contributed by atoms with van der Waals surface area (Å²) in [6.45, 7) is 2.62. The second kappa shape index (κ2) is 3.91. The zero-order valence-electron chi connectivity index (χ0n) is 7.90. The first-order valence-corrected chi connectivity index (χ1v) is 4.38. The van der Waals surface area contributed by atoms with Gasteiger partial charge in [0.2, 0.25) is 0 Å². The summed E-state index contributed by atoms with van der Waals surface area (Å²) < 4.78 is 4.95. The zero-order chi connectivity index (χ0) is 9.80. The van der Waals surface area contributed by atoms with Crippen LogP contribution in [0.25, 0.3) is 0 Å². The van der Waals surface area contributed by atoms with Crippen molar-refractivity contribution < 1.29 is 4.42 Å². The number of furan rings is 1. The summed E-state index contributed by atoms with van der Waals surface area (Å²) in [4.78, 5) is 8.30. The Bertz CT molecular complexity index is 398. The summed E-state index contributed by atoms with van der Waals surface area (Å²) in [6.07, 6.45) is 6.78. The highest BCUT2D eigenvalue weighted by atomic mass is 16.3. The van der Waals surface area contributed by atoms with E-state index in [0.717, 1.165) is 17.1 Å². The average molecular weight is 189 g/mol. The molecule has 72 valence electrons. The Hall–Kier alpha value is -1.84. The molecule has 4 nitrogen and oxygen atoms in total. The highest BCUT2D eigenvalue weighted by molar-refractivity contribution is 5.32. The minimum absolute atomic E-state index is 0.703. The third-order valence-electron chi connectivity index (χ3n) is 1.81. The predicted molar refractivity (Wildman–Crippen MR) is 52.8 cm³/mol. The highest BCUT2D eigenvalue weighted by Crippen LogP contribution is 2.05. The van der Waals surface area contributed by atoms with Crippen LogP contribution in [0.1, 0.15) is 11.3 Å². The maximum Gasteiger partial charge on any atom is 0.145 e. The number of aromatic nitrogens is 2. The van der Waals surface area contributed by atoms with Crippen molar-refractivity contribution in [3.8, 4) is 0 Å². The van der Waals surface area contributed by atoms with Gasteiger partial charge in [-0.25, -0.2) is 4.98 Å². The molecule has 0 saturated heterocycles. The van der Waals surface area contributed by atoms with Gasteiger partial charge >= 0.3 is 0 Å². The predicted octanol–water partition coefficient (Wildman–Crippen LogP) is 1.99. The average Bonchev–Trinajstić information content (AvgIpc) is 2.67. The maximum atomic E-state index is 4.95. The SMILES string of the molecule is Cc1cncc(NCc2ccoc2)n1. The normalized spacial score (nSPS) is 10.1. The molecule has 4 heteroatoms. The van der Waals surface area contributed by atoms with Crippen molar-refractivity contribution >= 4 is 5.82 Å². The summed E-state index contributed by atoms with van der Waals surface area (Å²) in [5.74, 6) is 0.784. The van der Waals surface area contributed by atoms with Crippen LogP contribution >= 0.6 is 0 Å². The Morgan fingerprint density at radius 1 is 1.43 bits per heavy atom. The number of aryl methyl sites for hydroxylation is 1. The number of rotatable bonds is 3. The molecule has 0 atom stereocenters. The summed E-state index contributed by atoms with van der Waals surface area (Å²) in [7, 11) is 0. The van der Waals surface area contributed by atoms with Gasteiger partial charge in [-0.05, 0) is 13.0 Å². The maximum absolute atomic E-state index is 4.95. The Morgan fingerprint density at radius 3 is 3.07 bits per heavy atom. The minimum Gasteiger partial charge on any atom is -0.472 e. The monoisotopic (exact) mass is 189 g/mol. The quantitative estimate of drug-likeness (QED) is 0.802. The third kappa shape index (κ3) is 2.10. The van der Waals surface area contributed by atoms with Gasteiger partial charge in [0, 0.05) is 18.3 Å². The lowest BCUT2D eigenvalue weighted by Gasteiger charge is -2.02. The van der Waals surface area contributed by atoms with E-state index in [0.29, 0.717) is 6.54 Å². The van der Waals surface area contributed by atoms with Crippen molar-refractivity contribution in [3.63, 3.8) is 0 Å². The van der Waals surface area contributed by atoms with E-state index in [4.69, 9.17) is 4.42 Å². The van der Waals surface area contributed by atoms with E-state index in [1.54, 1.807) is 24.9 Å². The fourth-order valence-electron chi connectivity index (χ4n) is 1.13. The van der Waals surface area contributed by atoms with E-state index in [1.165, 1.54) is 0 Å². The molecule has 14 heavy (non-hydrogen) atoms. The van der Waals surface area contributed by atoms with Gasteiger partial charge in [-0.15, -0.1) is 0 Å². The van der Waals surface area contributed by atoms with Crippen molar-refractivity contribution in [1.29, 1.82) is 0 Å². The van der Waals surface area contributed by atoms with E-state index in [-0.39, 0.29) is 0 Å². The van der Waals surface area contributed by atoms with Crippen molar-refractivity contribution in [3.05, 3.63) is 42.2 Å². The molecule has 2 heterocycles. The van der Waals surface area contributed by atoms with Gasteiger partial charge in [0.05, 0.1) is 24.4 Å². The number of hydrogen-bond acceptors (Lipinski definition) is 4. The van der Waals surface area contributed by atoms with E-state index >= 15 is 0 Å². The van der Waals surface area contributed by atoms with E-state index in [1.807, 2.05) is 13.0 Å². The van der Waals surface area contributed by atoms with Crippen molar-refractivity contribution in [1.82, 2.24) is 9.97 Å². The number of hydrogen-bond donors (Lipinski definition) is 1. The molecule has 2 aromatic rings. The van der Waals surface area contributed by atoms with Crippen molar-refractivity contribution in [2.45, 2.75) is 13.5 Å². The Labute approximate surface area is 82.0 Å². The molecule has 2 aromatic heterocycles. The van der Waals surface area contributed by atoms with Gasteiger partial charge in [-0.1, -0.05) is 0 Å². The first-order chi connectivity index (χ1) is 6.84. The first kappa shape index (κ1) is 8.74. The van der Waals surface area contributed by atoms with Crippen LogP contribution in [0.5, 0.6) is 0 Å². The minimum atomic E-state index is 0.703. The zero-order valence-corrected chi connectivity index (χ0v) is 7.90. The van der Waals surface area contributed by atoms with Crippen LogP contribution in [-0.2, 0) is 6.54 Å². The molecule has 0 unspecified atom stereocenters. The molecule has 0 aliphatic carbocycles. The fraction of sp³-hybridized carbons (Fsp3) is 0.200. The Balaban J connectivity index is 1.98. The highest BCUT2D eigenvalue weighted by Gasteiger charge is 1.96. The van der Waals surface area contributed by atoms with Gasteiger partial charge < -0.3 is 9.73 Å². The summed E-state index contributed by atoms with van der Waals surface area (Å²) in [5.41, 5.74) is 2.00. The molecule has 0 aliphatic rings. The molecule has 0 aliphatic heterocycles. The topological polar surface area (TPSA) is 51.0 Å². The molecule has 0 aromatic carbocycles. The smallest absolute Gasteiger partial charge is 0.145 e. The lowest BCUT2D eigenvalue weighted by Crippen LogP contribution is -2.01. The molecule has 2 rings (SSSR count). The van der Waals surface area contributed by atoms with Crippen LogP contribution in [-0.4, -0.2) is 9.97 Å². The Kier molecular flexibility index (Phi) is 2.44. The number of anilines is 1. The van der Waals surface area contributed by atoms with Crippen LogP contribution < -0.4 is 5.32 Å². The molecule has 0 bridgehead atoms. The fourth-order valence-corrected chi connectivity index (χ4v) is 1.13. The second-order valence-corrected chi connectivity index (χ2v) is 3.03. The van der Waals surface area contributed by atoms with Crippen LogP contribution in [0.15, 0.2) is 35.4 Å². The molecular weight excluding hydrogens is 178 g/mol. The van der Waals surface area contributed by atoms with Crippen molar-refractivity contribution in [2.24, 2.45) is 0 Å². The Morgan fingerprint density at radius 2 is 2.36 bits per heavy atom. The molecule has 0 saturated carbocycles. The van der Waals surface area contributed by atoms with Gasteiger partial charge in [-0.3, -0.25) is 4.98 Å². The van der Waals surface area contributed by atoms with Crippen LogP contribution in [0.2, 0.25) is 0 Å². The van der Waals surface area contributed by atoms with E-state index in [9.17, 15) is 0 Å². The standard InChI is InChI=1S/C10H11N3O/c1-8-4-11-6-10(13-8)12-5-9-2-3-14-7-9/h2-4,6-7H,5H2,1H3,(H,12,13). The molecule has 1 N–H and O–H groups in total. The first-order valence-electron chi connectivity index (χ1n) is 4.38. The van der Waals surface area contributed by atoms with E-state index < -0.39 is 0 Å². The summed E-state index contributed by atoms with van der Waals surface area (Å²) in [6, 6.07) is 1.91. The van der Waals surface area contributed by atoms with E-state index in [2.05, 4.69) is 15.3 Å². The molecular formula is C10H11N3O. The molecule has 0 spiro atoms. The largest absolute Gasteiger partial charge is 0.472 e. The lowest BCUT2D eigenvalue weighted by atomic mass is 10.3. The number of nitrogens with one attached hydrogen (secondary N) is 1. The number of nitrogens with zero attached hydrogens (tertiary/aromatic N) is 2. The van der Waals surface area contributed by atoms with Gasteiger partial charge in [0.15, 0.2) is 0 Å². The van der Waals surface area contributed by atoms with Crippen LogP contribution in [0.4, 0.5) is 5.82 Å². The lowest BCUT2D eigenvalue weighted by molar-refractivity contribution is 0.564. The third-order valence-corrected chi connectivity index (χ3v) is 1.81. The molecule has 0 fully saturated rings. The molecule has 0 radical (unpaired) electrons. The van der Waals surface area contributed by atoms with Gasteiger partial charge in [0.25, 0.3) is 0 Å². The summed E-state index contributed by atoms with van der Waals surface area (Å²) in [5, 5.41) is 3.15. The van der Waals surface area contributed by atoms with Gasteiger partial charge in [-0.2, -0.15) is 0 Å². The van der Waals surface area contributed by atoms with Crippen LogP contribution in [0, 0.1) is 6.92 Å². The van der Waals surface area contributed by atoms with Crippen molar-refractivity contribution in [2.75, 3.05) is 5.32 Å². The van der Waals surface area contributed by atoms with Gasteiger partial charge in [0.1, 0.15) is 5.82 Å². The summed E-state index contributed by atoms with van der Waals surface area (Å²) >= 11 is 0. The second-order valence-electron chi connectivity index (χ2n) is 3.03.